The summed E-state index contributed by atoms with van der Waals surface area (Å²) in [4.78, 5) is 0. The molecule has 0 aliphatic carbocycles. The Morgan fingerprint density at radius 2 is 2.14 bits per heavy atom. The number of benzene rings is 1. The number of halogens is 2. The molecular formula is C9H8F2N2O. The molecule has 0 saturated heterocycles. The zero-order chi connectivity index (χ0) is 10.3. The number of hydrogen-bond acceptors (Lipinski definition) is 3. The van der Waals surface area contributed by atoms with E-state index in [1.54, 1.807) is 12.1 Å². The number of anilines is 1. The molecule has 0 unspecified atom stereocenters. The van der Waals surface area contributed by atoms with E-state index in [-0.39, 0.29) is 16.7 Å². The van der Waals surface area contributed by atoms with Crippen LogP contribution < -0.4 is 5.73 Å². The maximum Gasteiger partial charge on any atom is 0.290 e. The van der Waals surface area contributed by atoms with Gasteiger partial charge in [0.2, 0.25) is 0 Å². The maximum atomic E-state index is 13.0. The van der Waals surface area contributed by atoms with Gasteiger partial charge in [0.15, 0.2) is 11.3 Å². The van der Waals surface area contributed by atoms with Gasteiger partial charge in [-0.3, -0.25) is 0 Å². The monoisotopic (exact) mass is 198 g/mol. The summed E-state index contributed by atoms with van der Waals surface area (Å²) < 4.78 is 30.7. The summed E-state index contributed by atoms with van der Waals surface area (Å²) in [6.07, 6.45) is 0. The van der Waals surface area contributed by atoms with Gasteiger partial charge < -0.3 is 10.3 Å². The van der Waals surface area contributed by atoms with Crippen LogP contribution in [0.4, 0.5) is 14.5 Å². The van der Waals surface area contributed by atoms with Gasteiger partial charge in [-0.05, 0) is 12.1 Å². The molecule has 3 nitrogen and oxygen atoms in total. The van der Waals surface area contributed by atoms with Crippen molar-refractivity contribution in [2.45, 2.75) is 12.8 Å². The van der Waals surface area contributed by atoms with Crippen molar-refractivity contribution in [3.05, 3.63) is 23.9 Å². The van der Waals surface area contributed by atoms with Crippen molar-refractivity contribution in [1.29, 1.82) is 0 Å². The fourth-order valence-electron chi connectivity index (χ4n) is 1.30. The first-order valence-electron chi connectivity index (χ1n) is 4.02. The average molecular weight is 198 g/mol. The van der Waals surface area contributed by atoms with Crippen molar-refractivity contribution in [3.8, 4) is 0 Å². The summed E-state index contributed by atoms with van der Waals surface area (Å²) in [6, 6.07) is 4.67. The Labute approximate surface area is 78.5 Å². The van der Waals surface area contributed by atoms with Crippen molar-refractivity contribution in [3.63, 3.8) is 0 Å². The SMILES string of the molecule is CC(F)(F)c1noc2c(N)cccc12. The fourth-order valence-corrected chi connectivity index (χ4v) is 1.30. The predicted molar refractivity (Wildman–Crippen MR) is 48.0 cm³/mol. The number of nitrogen functional groups attached to an aromatic ring is 1. The van der Waals surface area contributed by atoms with E-state index >= 15 is 0 Å². The molecule has 1 aromatic carbocycles. The molecule has 0 spiro atoms. The van der Waals surface area contributed by atoms with E-state index in [0.717, 1.165) is 6.92 Å². The quantitative estimate of drug-likeness (QED) is 0.716. The summed E-state index contributed by atoms with van der Waals surface area (Å²) in [5, 5.41) is 3.58. The Kier molecular flexibility index (Phi) is 1.70. The molecule has 2 aromatic rings. The number of nitrogens with two attached hydrogens (primary N) is 1. The highest BCUT2D eigenvalue weighted by molar-refractivity contribution is 5.89. The van der Waals surface area contributed by atoms with Crippen molar-refractivity contribution in [2.24, 2.45) is 0 Å². The Morgan fingerprint density at radius 1 is 1.43 bits per heavy atom. The molecule has 1 aromatic heterocycles. The summed E-state index contributed by atoms with van der Waals surface area (Å²) in [5.41, 5.74) is 5.68. The molecule has 0 saturated carbocycles. The van der Waals surface area contributed by atoms with Gasteiger partial charge in [0.05, 0.1) is 11.1 Å². The third-order valence-electron chi connectivity index (χ3n) is 1.94. The van der Waals surface area contributed by atoms with E-state index in [1.165, 1.54) is 6.07 Å². The number of alkyl halides is 2. The Morgan fingerprint density at radius 3 is 2.79 bits per heavy atom. The summed E-state index contributed by atoms with van der Waals surface area (Å²) in [7, 11) is 0. The number of hydrogen-bond donors (Lipinski definition) is 1. The number of aromatic nitrogens is 1. The van der Waals surface area contributed by atoms with Gasteiger partial charge in [0, 0.05) is 6.92 Å². The first kappa shape index (κ1) is 8.93. The van der Waals surface area contributed by atoms with Crippen LogP contribution >= 0.6 is 0 Å². The molecule has 2 rings (SSSR count). The molecule has 74 valence electrons. The minimum absolute atomic E-state index is 0.212. The normalized spacial score (nSPS) is 12.2. The van der Waals surface area contributed by atoms with E-state index in [0.29, 0.717) is 5.69 Å². The highest BCUT2D eigenvalue weighted by Gasteiger charge is 2.31. The molecule has 0 fully saturated rings. The van der Waals surface area contributed by atoms with Gasteiger partial charge in [0.1, 0.15) is 0 Å². The van der Waals surface area contributed by atoms with Gasteiger partial charge in [0.25, 0.3) is 5.92 Å². The van der Waals surface area contributed by atoms with E-state index < -0.39 is 5.92 Å². The number of fused-ring (bicyclic) bond motifs is 1. The van der Waals surface area contributed by atoms with Crippen LogP contribution in [0.5, 0.6) is 0 Å². The molecule has 0 bridgehead atoms. The van der Waals surface area contributed by atoms with Crippen LogP contribution in [0.3, 0.4) is 0 Å². The van der Waals surface area contributed by atoms with Crippen LogP contribution in [0, 0.1) is 0 Å². The number of nitrogens with zero attached hydrogens (tertiary/aromatic N) is 1. The first-order valence-corrected chi connectivity index (χ1v) is 4.02. The molecule has 5 heteroatoms. The minimum Gasteiger partial charge on any atom is -0.396 e. The maximum absolute atomic E-state index is 13.0. The Bertz CT molecular complexity index is 473. The highest BCUT2D eigenvalue weighted by atomic mass is 19.3. The molecule has 0 radical (unpaired) electrons. The zero-order valence-electron chi connectivity index (χ0n) is 7.42. The molecule has 2 N–H and O–H groups in total. The molecule has 0 aliphatic rings. The topological polar surface area (TPSA) is 52.0 Å². The first-order chi connectivity index (χ1) is 6.50. The standard InChI is InChI=1S/C9H8F2N2O/c1-9(10,11)8-5-3-2-4-6(12)7(5)14-13-8/h2-4H,12H2,1H3. The lowest BCUT2D eigenvalue weighted by molar-refractivity contribution is 0.0112. The summed E-state index contributed by atoms with van der Waals surface area (Å²) >= 11 is 0. The van der Waals surface area contributed by atoms with Crippen LogP contribution in [-0.4, -0.2) is 5.16 Å². The second kappa shape index (κ2) is 2.67. The molecule has 0 atom stereocenters. The molecule has 0 aliphatic heterocycles. The third kappa shape index (κ3) is 1.21. The van der Waals surface area contributed by atoms with Gasteiger partial charge >= 0.3 is 0 Å². The van der Waals surface area contributed by atoms with Gasteiger partial charge in [-0.1, -0.05) is 11.2 Å². The van der Waals surface area contributed by atoms with E-state index in [1.807, 2.05) is 0 Å². The van der Waals surface area contributed by atoms with Crippen molar-refractivity contribution < 1.29 is 13.3 Å². The van der Waals surface area contributed by atoms with Gasteiger partial charge in [-0.25, -0.2) is 0 Å². The predicted octanol–water partition coefficient (Wildman–Crippen LogP) is 2.52. The average Bonchev–Trinajstić information content (AvgIpc) is 2.47. The van der Waals surface area contributed by atoms with Crippen molar-refractivity contribution >= 4 is 16.7 Å². The minimum atomic E-state index is -3.01. The second-order valence-electron chi connectivity index (χ2n) is 3.14. The fraction of sp³-hybridized carbons (Fsp3) is 0.222. The summed E-state index contributed by atoms with van der Waals surface area (Å²) in [6.45, 7) is 0.771. The smallest absolute Gasteiger partial charge is 0.290 e. The van der Waals surface area contributed by atoms with Crippen molar-refractivity contribution in [2.75, 3.05) is 5.73 Å². The van der Waals surface area contributed by atoms with E-state index in [4.69, 9.17) is 10.3 Å². The van der Waals surface area contributed by atoms with Crippen LogP contribution in [0.25, 0.3) is 11.0 Å². The van der Waals surface area contributed by atoms with E-state index in [2.05, 4.69) is 5.16 Å². The Hall–Kier alpha value is -1.65. The van der Waals surface area contributed by atoms with Crippen LogP contribution in [0.15, 0.2) is 22.7 Å². The Balaban J connectivity index is 2.76. The zero-order valence-corrected chi connectivity index (χ0v) is 7.42. The molecular weight excluding hydrogens is 190 g/mol. The van der Waals surface area contributed by atoms with Gasteiger partial charge in [-0.2, -0.15) is 8.78 Å². The molecule has 14 heavy (non-hydrogen) atoms. The largest absolute Gasteiger partial charge is 0.396 e. The van der Waals surface area contributed by atoms with Crippen LogP contribution in [-0.2, 0) is 5.92 Å². The number of rotatable bonds is 1. The second-order valence-corrected chi connectivity index (χ2v) is 3.14. The lowest BCUT2D eigenvalue weighted by Gasteiger charge is -2.04. The molecule has 1 heterocycles. The van der Waals surface area contributed by atoms with E-state index in [9.17, 15) is 8.78 Å². The highest BCUT2D eigenvalue weighted by Crippen LogP contribution is 2.33. The summed E-state index contributed by atoms with van der Waals surface area (Å²) in [5.74, 6) is -3.01. The lowest BCUT2D eigenvalue weighted by Crippen LogP contribution is -2.07. The van der Waals surface area contributed by atoms with Crippen molar-refractivity contribution in [1.82, 2.24) is 5.16 Å². The lowest BCUT2D eigenvalue weighted by atomic mass is 10.1. The third-order valence-corrected chi connectivity index (χ3v) is 1.94. The number of para-hydroxylation sites is 1. The van der Waals surface area contributed by atoms with Gasteiger partial charge in [-0.15, -0.1) is 0 Å². The van der Waals surface area contributed by atoms with Crippen LogP contribution in [0.2, 0.25) is 0 Å². The van der Waals surface area contributed by atoms with Crippen LogP contribution in [0.1, 0.15) is 12.6 Å². The molecule has 0 amide bonds.